The molecule has 1 aliphatic rings. The van der Waals surface area contributed by atoms with E-state index in [4.69, 9.17) is 16.3 Å². The molecule has 1 aromatic carbocycles. The highest BCUT2D eigenvalue weighted by molar-refractivity contribution is 7.14. The Morgan fingerprint density at radius 3 is 2.30 bits per heavy atom. The lowest BCUT2D eigenvalue weighted by atomic mass is 10.2. The maximum absolute atomic E-state index is 5.88. The summed E-state index contributed by atoms with van der Waals surface area (Å²) in [5.74, 6) is 0.893. The van der Waals surface area contributed by atoms with Crippen LogP contribution in [0, 0.1) is 0 Å². The zero-order chi connectivity index (χ0) is 13.9. The average molecular weight is 310 g/mol. The van der Waals surface area contributed by atoms with Gasteiger partial charge < -0.3 is 14.5 Å². The number of rotatable bonds is 3. The van der Waals surface area contributed by atoms with Crippen molar-refractivity contribution >= 4 is 33.8 Å². The molecule has 0 amide bonds. The number of hydrogen-bond donors (Lipinski definition) is 0. The van der Waals surface area contributed by atoms with Crippen LogP contribution in [0.4, 0.5) is 10.8 Å². The molecule has 3 rings (SSSR count). The molecule has 6 heteroatoms. The van der Waals surface area contributed by atoms with Crippen molar-refractivity contribution in [2.24, 2.45) is 0 Å². The molecular formula is C14H16ClN3OS. The summed E-state index contributed by atoms with van der Waals surface area (Å²) in [5, 5.41) is 3.49. The molecule has 0 N–H and O–H groups in total. The summed E-state index contributed by atoms with van der Waals surface area (Å²) < 4.78 is 5.19. The molecule has 1 saturated heterocycles. The summed E-state index contributed by atoms with van der Waals surface area (Å²) >= 11 is 7.49. The third-order valence-electron chi connectivity index (χ3n) is 3.45. The predicted octanol–water partition coefficient (Wildman–Crippen LogP) is 3.13. The molecule has 0 aliphatic carbocycles. The van der Waals surface area contributed by atoms with E-state index in [-0.39, 0.29) is 0 Å². The fraction of sp³-hybridized carbons (Fsp3) is 0.357. The number of hydrogen-bond acceptors (Lipinski definition) is 5. The van der Waals surface area contributed by atoms with Gasteiger partial charge in [-0.05, 0) is 24.3 Å². The lowest BCUT2D eigenvalue weighted by Gasteiger charge is -2.36. The van der Waals surface area contributed by atoms with Crippen molar-refractivity contribution in [1.29, 1.82) is 0 Å². The molecule has 1 fully saturated rings. The summed E-state index contributed by atoms with van der Waals surface area (Å²) in [6.07, 6.45) is 0. The van der Waals surface area contributed by atoms with E-state index in [2.05, 4.69) is 26.9 Å². The van der Waals surface area contributed by atoms with E-state index in [1.807, 2.05) is 17.5 Å². The minimum absolute atomic E-state index is 0.586. The van der Waals surface area contributed by atoms with Crippen molar-refractivity contribution in [1.82, 2.24) is 4.98 Å². The Morgan fingerprint density at radius 1 is 1.10 bits per heavy atom. The van der Waals surface area contributed by atoms with Crippen molar-refractivity contribution < 1.29 is 4.74 Å². The zero-order valence-corrected chi connectivity index (χ0v) is 12.8. The maximum atomic E-state index is 5.88. The van der Waals surface area contributed by atoms with Gasteiger partial charge in [0.1, 0.15) is 10.9 Å². The Hall–Kier alpha value is -1.46. The molecule has 0 saturated carbocycles. The largest absolute Gasteiger partial charge is 0.497 e. The van der Waals surface area contributed by atoms with Gasteiger partial charge in [-0.15, -0.1) is 11.3 Å². The normalized spacial score (nSPS) is 15.5. The van der Waals surface area contributed by atoms with Crippen LogP contribution in [0.2, 0.25) is 5.15 Å². The lowest BCUT2D eigenvalue weighted by Crippen LogP contribution is -2.46. The highest BCUT2D eigenvalue weighted by Gasteiger charge is 2.19. The molecule has 0 unspecified atom stereocenters. The molecule has 2 heterocycles. The highest BCUT2D eigenvalue weighted by Crippen LogP contribution is 2.26. The van der Waals surface area contributed by atoms with Crippen molar-refractivity contribution in [2.45, 2.75) is 0 Å². The lowest BCUT2D eigenvalue weighted by molar-refractivity contribution is 0.415. The third-order valence-corrected chi connectivity index (χ3v) is 4.68. The molecule has 1 aromatic heterocycles. The Bertz CT molecular complexity index is 564. The van der Waals surface area contributed by atoms with E-state index in [0.717, 1.165) is 37.1 Å². The first-order chi connectivity index (χ1) is 9.76. The number of ether oxygens (including phenoxy) is 1. The molecule has 0 atom stereocenters. The second-order valence-corrected chi connectivity index (χ2v) is 5.85. The zero-order valence-electron chi connectivity index (χ0n) is 11.3. The summed E-state index contributed by atoms with van der Waals surface area (Å²) in [5.41, 5.74) is 1.24. The van der Waals surface area contributed by atoms with Crippen LogP contribution in [0.15, 0.2) is 29.6 Å². The molecule has 0 radical (unpaired) electrons. The van der Waals surface area contributed by atoms with Gasteiger partial charge in [0.25, 0.3) is 0 Å². The van der Waals surface area contributed by atoms with Crippen LogP contribution in [-0.2, 0) is 0 Å². The standard InChI is InChI=1S/C14H16ClN3OS/c1-19-12-4-2-11(3-5-12)17-6-8-18(9-7-17)14-16-13(15)10-20-14/h2-5,10H,6-9H2,1H3. The van der Waals surface area contributed by atoms with Crippen molar-refractivity contribution in [3.05, 3.63) is 34.8 Å². The molecule has 1 aliphatic heterocycles. The van der Waals surface area contributed by atoms with Crippen LogP contribution < -0.4 is 14.5 Å². The van der Waals surface area contributed by atoms with E-state index < -0.39 is 0 Å². The second kappa shape index (κ2) is 5.89. The number of aromatic nitrogens is 1. The minimum Gasteiger partial charge on any atom is -0.497 e. The van der Waals surface area contributed by atoms with Crippen molar-refractivity contribution in [2.75, 3.05) is 43.1 Å². The first kappa shape index (κ1) is 13.5. The third kappa shape index (κ3) is 2.83. The second-order valence-electron chi connectivity index (χ2n) is 4.62. The Morgan fingerprint density at radius 2 is 1.75 bits per heavy atom. The molecular weight excluding hydrogens is 294 g/mol. The topological polar surface area (TPSA) is 28.6 Å². The van der Waals surface area contributed by atoms with E-state index in [1.165, 1.54) is 5.69 Å². The van der Waals surface area contributed by atoms with Gasteiger partial charge in [-0.2, -0.15) is 0 Å². The number of anilines is 2. The Kier molecular flexibility index (Phi) is 3.98. The average Bonchev–Trinajstić information content (AvgIpc) is 2.94. The summed E-state index contributed by atoms with van der Waals surface area (Å²) in [6.45, 7) is 3.92. The van der Waals surface area contributed by atoms with Gasteiger partial charge in [-0.25, -0.2) is 4.98 Å². The van der Waals surface area contributed by atoms with Crippen LogP contribution >= 0.6 is 22.9 Å². The molecule has 0 bridgehead atoms. The predicted molar refractivity (Wildman–Crippen MR) is 84.5 cm³/mol. The van der Waals surface area contributed by atoms with Crippen LogP contribution in [0.5, 0.6) is 5.75 Å². The Labute approximate surface area is 127 Å². The van der Waals surface area contributed by atoms with Crippen LogP contribution in [0.1, 0.15) is 0 Å². The van der Waals surface area contributed by atoms with Gasteiger partial charge in [-0.1, -0.05) is 11.6 Å². The van der Waals surface area contributed by atoms with Crippen LogP contribution in [0.25, 0.3) is 0 Å². The Balaban J connectivity index is 1.63. The van der Waals surface area contributed by atoms with E-state index >= 15 is 0 Å². The SMILES string of the molecule is COc1ccc(N2CCN(c3nc(Cl)cs3)CC2)cc1. The number of benzene rings is 1. The highest BCUT2D eigenvalue weighted by atomic mass is 35.5. The number of nitrogens with zero attached hydrogens (tertiary/aromatic N) is 3. The first-order valence-electron chi connectivity index (χ1n) is 6.51. The molecule has 4 nitrogen and oxygen atoms in total. The number of methoxy groups -OCH3 is 1. The number of piperazine rings is 1. The fourth-order valence-corrected chi connectivity index (χ4v) is 3.34. The van der Waals surface area contributed by atoms with Crippen LogP contribution in [-0.4, -0.2) is 38.3 Å². The quantitative estimate of drug-likeness (QED) is 0.871. The molecule has 2 aromatic rings. The maximum Gasteiger partial charge on any atom is 0.186 e. The van der Waals surface area contributed by atoms with Gasteiger partial charge in [0.05, 0.1) is 7.11 Å². The summed E-state index contributed by atoms with van der Waals surface area (Å²) in [7, 11) is 1.69. The fourth-order valence-electron chi connectivity index (χ4n) is 2.34. The molecule has 20 heavy (non-hydrogen) atoms. The summed E-state index contributed by atoms with van der Waals surface area (Å²) in [4.78, 5) is 9.00. The molecule has 0 spiro atoms. The van der Waals surface area contributed by atoms with Crippen LogP contribution in [0.3, 0.4) is 0 Å². The summed E-state index contributed by atoms with van der Waals surface area (Å²) in [6, 6.07) is 8.22. The minimum atomic E-state index is 0.586. The smallest absolute Gasteiger partial charge is 0.186 e. The number of thiazole rings is 1. The van der Waals surface area contributed by atoms with Gasteiger partial charge in [0.15, 0.2) is 5.13 Å². The number of halogens is 1. The van der Waals surface area contributed by atoms with Gasteiger partial charge >= 0.3 is 0 Å². The van der Waals surface area contributed by atoms with E-state index in [0.29, 0.717) is 5.15 Å². The van der Waals surface area contributed by atoms with E-state index in [1.54, 1.807) is 18.4 Å². The van der Waals surface area contributed by atoms with Gasteiger partial charge in [0, 0.05) is 37.2 Å². The van der Waals surface area contributed by atoms with Gasteiger partial charge in [-0.3, -0.25) is 0 Å². The molecule has 106 valence electrons. The van der Waals surface area contributed by atoms with E-state index in [9.17, 15) is 0 Å². The van der Waals surface area contributed by atoms with Crippen molar-refractivity contribution in [3.63, 3.8) is 0 Å². The monoisotopic (exact) mass is 309 g/mol. The van der Waals surface area contributed by atoms with Crippen molar-refractivity contribution in [3.8, 4) is 5.75 Å². The van der Waals surface area contributed by atoms with Gasteiger partial charge in [0.2, 0.25) is 0 Å². The first-order valence-corrected chi connectivity index (χ1v) is 7.77.